The number of furan rings is 2. The lowest BCUT2D eigenvalue weighted by Crippen LogP contribution is -2.19. The lowest BCUT2D eigenvalue weighted by atomic mass is 10.1. The lowest BCUT2D eigenvalue weighted by molar-refractivity contribution is 0.0952. The van der Waals surface area contributed by atoms with Gasteiger partial charge >= 0.3 is 0 Å². The summed E-state index contributed by atoms with van der Waals surface area (Å²) in [6.07, 6.45) is 2.90. The van der Waals surface area contributed by atoms with Crippen molar-refractivity contribution in [2.45, 2.75) is 13.8 Å². The Morgan fingerprint density at radius 2 is 1.73 bits per heavy atom. The number of nitrogens with one attached hydrogen (secondary N) is 2. The number of rotatable bonds is 5. The van der Waals surface area contributed by atoms with Crippen LogP contribution in [0.3, 0.4) is 0 Å². The van der Waals surface area contributed by atoms with Crippen LogP contribution >= 0.6 is 0 Å². The average molecular weight is 351 g/mol. The maximum absolute atomic E-state index is 12.0. The fourth-order valence-corrected chi connectivity index (χ4v) is 2.28. The van der Waals surface area contributed by atoms with Crippen LogP contribution in [0.5, 0.6) is 0 Å². The smallest absolute Gasteiger partial charge is 0.291 e. The van der Waals surface area contributed by atoms with Crippen LogP contribution in [0.1, 0.15) is 39.2 Å². The van der Waals surface area contributed by atoms with Crippen LogP contribution < -0.4 is 10.7 Å². The molecule has 0 bridgehead atoms. The normalized spacial score (nSPS) is 11.2. The largest absolute Gasteiger partial charge is 0.469 e. The van der Waals surface area contributed by atoms with E-state index in [0.29, 0.717) is 22.7 Å². The third kappa shape index (κ3) is 3.89. The fraction of sp³-hybridized carbons (Fsp3) is 0.105. The second kappa shape index (κ2) is 7.52. The third-order valence-electron chi connectivity index (χ3n) is 3.73. The molecule has 7 heteroatoms. The van der Waals surface area contributed by atoms with Gasteiger partial charge in [-0.15, -0.1) is 0 Å². The van der Waals surface area contributed by atoms with Crippen LogP contribution in [-0.2, 0) is 0 Å². The van der Waals surface area contributed by atoms with Gasteiger partial charge < -0.3 is 14.2 Å². The van der Waals surface area contributed by atoms with Crippen molar-refractivity contribution in [1.82, 2.24) is 5.43 Å². The van der Waals surface area contributed by atoms with Gasteiger partial charge in [0.25, 0.3) is 11.8 Å². The van der Waals surface area contributed by atoms with E-state index in [1.165, 1.54) is 12.5 Å². The average Bonchev–Trinajstić information content (AvgIpc) is 3.31. The zero-order valence-corrected chi connectivity index (χ0v) is 14.3. The number of hydrazone groups is 1. The van der Waals surface area contributed by atoms with Crippen molar-refractivity contribution < 1.29 is 18.4 Å². The highest BCUT2D eigenvalue weighted by Crippen LogP contribution is 2.13. The van der Waals surface area contributed by atoms with Gasteiger partial charge in [-0.3, -0.25) is 9.59 Å². The van der Waals surface area contributed by atoms with Crippen LogP contribution in [0.2, 0.25) is 0 Å². The molecule has 0 aliphatic rings. The van der Waals surface area contributed by atoms with Crippen molar-refractivity contribution in [1.29, 1.82) is 0 Å². The summed E-state index contributed by atoms with van der Waals surface area (Å²) in [4.78, 5) is 23.9. The van der Waals surface area contributed by atoms with Crippen molar-refractivity contribution in [2.24, 2.45) is 5.10 Å². The summed E-state index contributed by atoms with van der Waals surface area (Å²) in [5, 5.41) is 6.83. The molecule has 2 N–H and O–H groups in total. The first-order valence-electron chi connectivity index (χ1n) is 7.88. The molecule has 132 valence electrons. The molecular weight excluding hydrogens is 334 g/mol. The molecule has 0 fully saturated rings. The van der Waals surface area contributed by atoms with Crippen LogP contribution in [-0.4, -0.2) is 17.5 Å². The first-order valence-corrected chi connectivity index (χ1v) is 7.88. The summed E-state index contributed by atoms with van der Waals surface area (Å²) in [5.74, 6) is 0.116. The van der Waals surface area contributed by atoms with Gasteiger partial charge in [-0.2, -0.15) is 5.10 Å². The summed E-state index contributed by atoms with van der Waals surface area (Å²) >= 11 is 0. The molecule has 0 unspecified atom stereocenters. The van der Waals surface area contributed by atoms with Gasteiger partial charge in [0, 0.05) is 5.69 Å². The van der Waals surface area contributed by atoms with Gasteiger partial charge in [-0.1, -0.05) is 12.1 Å². The zero-order chi connectivity index (χ0) is 18.5. The number of nitrogens with zero attached hydrogens (tertiary/aromatic N) is 1. The van der Waals surface area contributed by atoms with Crippen molar-refractivity contribution in [2.75, 3.05) is 5.32 Å². The summed E-state index contributed by atoms with van der Waals surface area (Å²) in [6, 6.07) is 11.9. The van der Waals surface area contributed by atoms with Gasteiger partial charge in [0.15, 0.2) is 5.76 Å². The Kier molecular flexibility index (Phi) is 4.98. The van der Waals surface area contributed by atoms with Gasteiger partial charge in [0.2, 0.25) is 0 Å². The molecule has 2 aromatic heterocycles. The fourth-order valence-electron chi connectivity index (χ4n) is 2.28. The number of amides is 2. The Morgan fingerprint density at radius 1 is 0.962 bits per heavy atom. The van der Waals surface area contributed by atoms with E-state index in [1.54, 1.807) is 56.3 Å². The van der Waals surface area contributed by atoms with E-state index < -0.39 is 0 Å². The summed E-state index contributed by atoms with van der Waals surface area (Å²) in [5.41, 5.74) is 5.00. The second-order valence-corrected chi connectivity index (χ2v) is 5.54. The highest BCUT2D eigenvalue weighted by molar-refractivity contribution is 6.03. The number of aryl methyl sites for hydroxylation is 1. The molecule has 0 spiro atoms. The van der Waals surface area contributed by atoms with E-state index in [1.807, 2.05) is 0 Å². The Labute approximate surface area is 149 Å². The molecule has 2 amide bonds. The van der Waals surface area contributed by atoms with Crippen LogP contribution in [0.4, 0.5) is 5.69 Å². The molecule has 3 rings (SSSR count). The Hall–Kier alpha value is -3.61. The number of anilines is 1. The van der Waals surface area contributed by atoms with Crippen molar-refractivity contribution >= 4 is 23.2 Å². The molecule has 0 saturated carbocycles. The molecule has 0 radical (unpaired) electrons. The van der Waals surface area contributed by atoms with Crippen molar-refractivity contribution in [3.8, 4) is 0 Å². The zero-order valence-electron chi connectivity index (χ0n) is 14.3. The highest BCUT2D eigenvalue weighted by atomic mass is 16.3. The molecule has 3 aromatic rings. The van der Waals surface area contributed by atoms with E-state index in [-0.39, 0.29) is 17.6 Å². The van der Waals surface area contributed by atoms with Crippen LogP contribution in [0, 0.1) is 6.92 Å². The Bertz CT molecular complexity index is 938. The summed E-state index contributed by atoms with van der Waals surface area (Å²) < 4.78 is 10.1. The molecule has 2 heterocycles. The molecule has 7 nitrogen and oxygen atoms in total. The molecule has 0 saturated heterocycles. The SMILES string of the molecule is CC(=NNC(=O)c1ccoc1C)c1ccc(NC(=O)c2ccco2)cc1. The number of carbonyl (C=O) groups is 2. The lowest BCUT2D eigenvalue weighted by Gasteiger charge is -2.06. The van der Waals surface area contributed by atoms with Crippen molar-refractivity contribution in [3.05, 3.63) is 77.6 Å². The maximum Gasteiger partial charge on any atom is 0.291 e. The predicted octanol–water partition coefficient (Wildman–Crippen LogP) is 3.59. The van der Waals surface area contributed by atoms with Crippen molar-refractivity contribution in [3.63, 3.8) is 0 Å². The quantitative estimate of drug-likeness (QED) is 0.542. The van der Waals surface area contributed by atoms with Crippen LogP contribution in [0.15, 0.2) is 68.9 Å². The molecule has 0 atom stereocenters. The highest BCUT2D eigenvalue weighted by Gasteiger charge is 2.11. The predicted molar refractivity (Wildman–Crippen MR) is 96.2 cm³/mol. The third-order valence-corrected chi connectivity index (χ3v) is 3.73. The van der Waals surface area contributed by atoms with E-state index in [0.717, 1.165) is 5.56 Å². The van der Waals surface area contributed by atoms with E-state index in [2.05, 4.69) is 15.8 Å². The molecule has 0 aliphatic carbocycles. The molecule has 1 aromatic carbocycles. The van der Waals surface area contributed by atoms with E-state index in [4.69, 9.17) is 8.83 Å². The van der Waals surface area contributed by atoms with Gasteiger partial charge in [-0.25, -0.2) is 5.43 Å². The molecular formula is C19H17N3O4. The minimum absolute atomic E-state index is 0.240. The minimum Gasteiger partial charge on any atom is -0.469 e. The number of benzene rings is 1. The van der Waals surface area contributed by atoms with Gasteiger partial charge in [-0.05, 0) is 49.7 Å². The number of hydrogen-bond donors (Lipinski definition) is 2. The summed E-state index contributed by atoms with van der Waals surface area (Å²) in [7, 11) is 0. The number of carbonyl (C=O) groups excluding carboxylic acids is 2. The van der Waals surface area contributed by atoms with E-state index >= 15 is 0 Å². The second-order valence-electron chi connectivity index (χ2n) is 5.54. The monoisotopic (exact) mass is 351 g/mol. The first kappa shape index (κ1) is 17.2. The van der Waals surface area contributed by atoms with Gasteiger partial charge in [0.1, 0.15) is 5.76 Å². The summed E-state index contributed by atoms with van der Waals surface area (Å²) in [6.45, 7) is 3.49. The molecule has 26 heavy (non-hydrogen) atoms. The van der Waals surface area contributed by atoms with Crippen LogP contribution in [0.25, 0.3) is 0 Å². The Morgan fingerprint density at radius 3 is 2.35 bits per heavy atom. The standard InChI is InChI=1S/C19H17N3O4/c1-12(21-22-18(23)16-9-11-25-13(16)2)14-5-7-15(8-6-14)20-19(24)17-4-3-10-26-17/h3-11H,1-2H3,(H,20,24)(H,22,23). The number of hydrogen-bond acceptors (Lipinski definition) is 5. The molecule has 0 aliphatic heterocycles. The minimum atomic E-state index is -0.335. The van der Waals surface area contributed by atoms with Gasteiger partial charge in [0.05, 0.1) is 23.8 Å². The van der Waals surface area contributed by atoms with E-state index in [9.17, 15) is 9.59 Å². The topological polar surface area (TPSA) is 96.8 Å². The maximum atomic E-state index is 12.0. The first-order chi connectivity index (χ1) is 12.5. The Balaban J connectivity index is 1.63.